The van der Waals surface area contributed by atoms with Crippen LogP contribution in [-0.2, 0) is 9.59 Å². The van der Waals surface area contributed by atoms with Gasteiger partial charge in [0.2, 0.25) is 0 Å². The predicted octanol–water partition coefficient (Wildman–Crippen LogP) is 2.85. The van der Waals surface area contributed by atoms with Crippen LogP contribution in [0.3, 0.4) is 0 Å². The Bertz CT molecular complexity index is 1010. The number of nitrogens with one attached hydrogen (secondary N) is 2. The monoisotopic (exact) mass is 398 g/mol. The average molecular weight is 398 g/mol. The lowest BCUT2D eigenvalue weighted by Crippen LogP contribution is -2.46. The molecule has 0 unspecified atom stereocenters. The summed E-state index contributed by atoms with van der Waals surface area (Å²) in [6.45, 7) is 4.46. The van der Waals surface area contributed by atoms with Gasteiger partial charge in [-0.15, -0.1) is 11.3 Å². The van der Waals surface area contributed by atoms with E-state index in [9.17, 15) is 9.59 Å². The fourth-order valence-corrected chi connectivity index (χ4v) is 4.71. The normalized spacial score (nSPS) is 19.7. The van der Waals surface area contributed by atoms with Crippen LogP contribution in [0.15, 0.2) is 24.5 Å². The number of piperidine rings is 1. The topological polar surface area (TPSA) is 117 Å². The SMILES string of the molecule is Cc1cc(NC(=O)C(=O)N2C[C@H](C)CC[C@H]2c2cc3[nH]ncc3s2)cnc1N. The maximum Gasteiger partial charge on any atom is 0.313 e. The van der Waals surface area contributed by atoms with E-state index >= 15 is 0 Å². The van der Waals surface area contributed by atoms with Gasteiger partial charge in [-0.05, 0) is 43.4 Å². The lowest BCUT2D eigenvalue weighted by Gasteiger charge is -2.37. The summed E-state index contributed by atoms with van der Waals surface area (Å²) in [4.78, 5) is 32.4. The highest BCUT2D eigenvalue weighted by Gasteiger charge is 2.35. The summed E-state index contributed by atoms with van der Waals surface area (Å²) < 4.78 is 1.05. The highest BCUT2D eigenvalue weighted by atomic mass is 32.1. The summed E-state index contributed by atoms with van der Waals surface area (Å²) in [6, 6.07) is 3.63. The molecule has 4 N–H and O–H groups in total. The molecule has 4 heterocycles. The summed E-state index contributed by atoms with van der Waals surface area (Å²) in [6.07, 6.45) is 5.09. The first kappa shape index (κ1) is 18.4. The Labute approximate surface area is 166 Å². The predicted molar refractivity (Wildman–Crippen MR) is 109 cm³/mol. The van der Waals surface area contributed by atoms with E-state index in [1.165, 1.54) is 6.20 Å². The molecule has 2 amide bonds. The zero-order chi connectivity index (χ0) is 19.8. The number of aromatic nitrogens is 3. The maximum absolute atomic E-state index is 13.0. The molecule has 28 heavy (non-hydrogen) atoms. The number of H-pyrrole nitrogens is 1. The Kier molecular flexibility index (Phi) is 4.76. The van der Waals surface area contributed by atoms with Crippen molar-refractivity contribution in [3.05, 3.63) is 35.0 Å². The number of hydrogen-bond acceptors (Lipinski definition) is 6. The Morgan fingerprint density at radius 3 is 2.89 bits per heavy atom. The number of rotatable bonds is 2. The van der Waals surface area contributed by atoms with Crippen LogP contribution in [0, 0.1) is 12.8 Å². The van der Waals surface area contributed by atoms with Crippen LogP contribution in [0.5, 0.6) is 0 Å². The molecule has 1 fully saturated rings. The molecule has 1 aliphatic rings. The zero-order valence-electron chi connectivity index (χ0n) is 15.7. The van der Waals surface area contributed by atoms with Gasteiger partial charge < -0.3 is 16.0 Å². The summed E-state index contributed by atoms with van der Waals surface area (Å²) in [5.41, 5.74) is 7.88. The van der Waals surface area contributed by atoms with Crippen LogP contribution in [0.1, 0.15) is 36.2 Å². The van der Waals surface area contributed by atoms with Gasteiger partial charge in [0.05, 0.1) is 34.3 Å². The molecule has 9 heteroatoms. The second-order valence-electron chi connectivity index (χ2n) is 7.33. The van der Waals surface area contributed by atoms with Gasteiger partial charge in [0.15, 0.2) is 0 Å². The van der Waals surface area contributed by atoms with Crippen molar-refractivity contribution in [2.75, 3.05) is 17.6 Å². The first-order valence-electron chi connectivity index (χ1n) is 9.19. The molecule has 3 aromatic rings. The average Bonchev–Trinajstić information content (AvgIpc) is 3.26. The number of carbonyl (C=O) groups is 2. The maximum atomic E-state index is 13.0. The van der Waals surface area contributed by atoms with Crippen LogP contribution in [0.2, 0.25) is 0 Å². The van der Waals surface area contributed by atoms with E-state index in [2.05, 4.69) is 27.4 Å². The van der Waals surface area contributed by atoms with E-state index < -0.39 is 11.8 Å². The van der Waals surface area contributed by atoms with Crippen molar-refractivity contribution >= 4 is 44.9 Å². The first-order valence-corrected chi connectivity index (χ1v) is 10.0. The first-order chi connectivity index (χ1) is 13.4. The fourth-order valence-electron chi connectivity index (χ4n) is 3.57. The van der Waals surface area contributed by atoms with E-state index in [-0.39, 0.29) is 6.04 Å². The molecule has 0 bridgehead atoms. The molecule has 3 aromatic heterocycles. The Balaban J connectivity index is 1.56. The molecule has 0 spiro atoms. The van der Waals surface area contributed by atoms with E-state index in [0.29, 0.717) is 24.0 Å². The van der Waals surface area contributed by atoms with Crippen LogP contribution < -0.4 is 11.1 Å². The summed E-state index contributed by atoms with van der Waals surface area (Å²) >= 11 is 1.61. The standard InChI is InChI=1S/C19H22N6O2S/c1-10-3-4-14(15-6-13-16(28-15)8-22-24-13)25(9-10)19(27)18(26)23-12-5-11(2)17(20)21-7-12/h5-8,10,14H,3-4,9H2,1-2H3,(H2,20,21)(H,22,24)(H,23,26)/t10-,14+/m1/s1. The van der Waals surface area contributed by atoms with Gasteiger partial charge in [0, 0.05) is 11.4 Å². The van der Waals surface area contributed by atoms with Crippen molar-refractivity contribution in [3.63, 3.8) is 0 Å². The van der Waals surface area contributed by atoms with E-state index in [1.807, 2.05) is 6.07 Å². The fraction of sp³-hybridized carbons (Fsp3) is 0.368. The number of thiophene rings is 1. The molecule has 0 radical (unpaired) electrons. The van der Waals surface area contributed by atoms with Crippen molar-refractivity contribution in [3.8, 4) is 0 Å². The number of nitrogens with zero attached hydrogens (tertiary/aromatic N) is 3. The van der Waals surface area contributed by atoms with Crippen molar-refractivity contribution < 1.29 is 9.59 Å². The molecule has 0 aromatic carbocycles. The quantitative estimate of drug-likeness (QED) is 0.574. The third-order valence-electron chi connectivity index (χ3n) is 5.12. The lowest BCUT2D eigenvalue weighted by atomic mass is 9.93. The van der Waals surface area contributed by atoms with Gasteiger partial charge >= 0.3 is 11.8 Å². The van der Waals surface area contributed by atoms with Gasteiger partial charge in [-0.2, -0.15) is 5.10 Å². The van der Waals surface area contributed by atoms with Crippen LogP contribution in [0.25, 0.3) is 10.2 Å². The molecular weight excluding hydrogens is 376 g/mol. The number of hydrogen-bond donors (Lipinski definition) is 3. The number of amides is 2. The molecular formula is C19H22N6O2S. The summed E-state index contributed by atoms with van der Waals surface area (Å²) in [5, 5.41) is 9.64. The van der Waals surface area contributed by atoms with Crippen molar-refractivity contribution in [2.45, 2.75) is 32.7 Å². The van der Waals surface area contributed by atoms with E-state index in [4.69, 9.17) is 5.73 Å². The number of fused-ring (bicyclic) bond motifs is 1. The number of aryl methyl sites for hydroxylation is 1. The molecule has 1 saturated heterocycles. The molecule has 8 nitrogen and oxygen atoms in total. The second kappa shape index (κ2) is 7.23. The summed E-state index contributed by atoms with van der Waals surface area (Å²) in [5.74, 6) is -0.438. The smallest absolute Gasteiger partial charge is 0.313 e. The number of carbonyl (C=O) groups excluding carboxylic acids is 2. The molecule has 0 saturated carbocycles. The molecule has 2 atom stereocenters. The van der Waals surface area contributed by atoms with E-state index in [0.717, 1.165) is 33.5 Å². The minimum Gasteiger partial charge on any atom is -0.383 e. The highest BCUT2D eigenvalue weighted by molar-refractivity contribution is 7.19. The van der Waals surface area contributed by atoms with Crippen molar-refractivity contribution in [1.29, 1.82) is 0 Å². The number of anilines is 2. The largest absolute Gasteiger partial charge is 0.383 e. The van der Waals surface area contributed by atoms with Crippen LogP contribution in [-0.4, -0.2) is 38.4 Å². The molecule has 1 aliphatic heterocycles. The third-order valence-corrected chi connectivity index (χ3v) is 6.30. The number of nitrogens with two attached hydrogens (primary N) is 1. The minimum atomic E-state index is -0.658. The van der Waals surface area contributed by atoms with Gasteiger partial charge in [0.25, 0.3) is 0 Å². The molecule has 146 valence electrons. The number of nitrogen functional groups attached to an aromatic ring is 1. The van der Waals surface area contributed by atoms with E-state index in [1.54, 1.807) is 35.4 Å². The minimum absolute atomic E-state index is 0.105. The van der Waals surface area contributed by atoms with Gasteiger partial charge in [-0.25, -0.2) is 4.98 Å². The Morgan fingerprint density at radius 1 is 1.32 bits per heavy atom. The summed E-state index contributed by atoms with van der Waals surface area (Å²) in [7, 11) is 0. The number of aromatic amines is 1. The Morgan fingerprint density at radius 2 is 2.14 bits per heavy atom. The Hall–Kier alpha value is -2.94. The van der Waals surface area contributed by atoms with Gasteiger partial charge in [0.1, 0.15) is 5.82 Å². The zero-order valence-corrected chi connectivity index (χ0v) is 16.5. The number of pyridine rings is 1. The molecule has 4 rings (SSSR count). The van der Waals surface area contributed by atoms with Gasteiger partial charge in [-0.1, -0.05) is 6.92 Å². The van der Waals surface area contributed by atoms with Crippen LogP contribution in [0.4, 0.5) is 11.5 Å². The van der Waals surface area contributed by atoms with Crippen LogP contribution >= 0.6 is 11.3 Å². The molecule has 0 aliphatic carbocycles. The number of likely N-dealkylation sites (tertiary alicyclic amines) is 1. The van der Waals surface area contributed by atoms with Gasteiger partial charge in [-0.3, -0.25) is 14.7 Å². The van der Waals surface area contributed by atoms with Crippen molar-refractivity contribution in [1.82, 2.24) is 20.1 Å². The third kappa shape index (κ3) is 3.45. The van der Waals surface area contributed by atoms with Crippen molar-refractivity contribution in [2.24, 2.45) is 5.92 Å². The lowest BCUT2D eigenvalue weighted by molar-refractivity contribution is -0.146. The second-order valence-corrected chi connectivity index (χ2v) is 8.45. The highest BCUT2D eigenvalue weighted by Crippen LogP contribution is 2.38.